The molecule has 0 spiro atoms. The first kappa shape index (κ1) is 24.1. The molecular weight excluding hydrogens is 459 g/mol. The van der Waals surface area contributed by atoms with Gasteiger partial charge in [-0.15, -0.1) is 0 Å². The number of nitrogens with zero attached hydrogens (tertiary/aromatic N) is 6. The Balaban J connectivity index is 1.21. The summed E-state index contributed by atoms with van der Waals surface area (Å²) in [6, 6.07) is 9.85. The van der Waals surface area contributed by atoms with Crippen molar-refractivity contribution in [1.82, 2.24) is 24.8 Å². The van der Waals surface area contributed by atoms with Crippen molar-refractivity contribution in [2.24, 2.45) is 11.8 Å². The third kappa shape index (κ3) is 5.00. The van der Waals surface area contributed by atoms with Crippen LogP contribution in [-0.2, 0) is 16.1 Å². The lowest BCUT2D eigenvalue weighted by molar-refractivity contribution is -0.183. The zero-order valence-electron chi connectivity index (χ0n) is 20.5. The predicted molar refractivity (Wildman–Crippen MR) is 129 cm³/mol. The van der Waals surface area contributed by atoms with Crippen molar-refractivity contribution in [1.29, 1.82) is 5.26 Å². The van der Waals surface area contributed by atoms with Gasteiger partial charge in [-0.3, -0.25) is 9.63 Å². The normalized spacial score (nSPS) is 21.9. The lowest BCUT2D eigenvalue weighted by Gasteiger charge is -2.32. The Morgan fingerprint density at radius 3 is 2.64 bits per heavy atom. The van der Waals surface area contributed by atoms with Crippen molar-refractivity contribution in [3.05, 3.63) is 70.7 Å². The number of aromatic nitrogens is 4. The van der Waals surface area contributed by atoms with Gasteiger partial charge >= 0.3 is 0 Å². The Morgan fingerprint density at radius 1 is 1.11 bits per heavy atom. The van der Waals surface area contributed by atoms with E-state index in [9.17, 15) is 14.4 Å². The summed E-state index contributed by atoms with van der Waals surface area (Å²) < 4.78 is 15.8. The first-order chi connectivity index (χ1) is 17.4. The van der Waals surface area contributed by atoms with Gasteiger partial charge in [0.05, 0.1) is 30.0 Å². The van der Waals surface area contributed by atoms with E-state index in [1.807, 2.05) is 36.7 Å². The lowest BCUT2D eigenvalue weighted by atomic mass is 9.79. The third-order valence-electron chi connectivity index (χ3n) is 7.19. The number of benzene rings is 1. The largest absolute Gasteiger partial charge is 0.272 e. The van der Waals surface area contributed by atoms with Crippen molar-refractivity contribution in [2.45, 2.75) is 58.4 Å². The molecule has 1 amide bonds. The van der Waals surface area contributed by atoms with Crippen LogP contribution in [0.3, 0.4) is 0 Å². The SMILES string of the molecule is Cc1cc(C)n(-c2cc(CC3CCC(C(=O)N4OCC[C@H]4c4cc(F)cc(C#N)c4)CC3)ncn2)n1. The highest BCUT2D eigenvalue weighted by atomic mass is 19.1. The van der Waals surface area contributed by atoms with E-state index >= 15 is 0 Å². The Morgan fingerprint density at radius 2 is 1.92 bits per heavy atom. The predicted octanol–water partition coefficient (Wildman–Crippen LogP) is 4.54. The van der Waals surface area contributed by atoms with E-state index in [-0.39, 0.29) is 23.4 Å². The number of amides is 1. The van der Waals surface area contributed by atoms with Gasteiger partial charge in [-0.1, -0.05) is 0 Å². The molecule has 2 aromatic heterocycles. The van der Waals surface area contributed by atoms with E-state index in [1.54, 1.807) is 12.4 Å². The molecule has 3 aromatic rings. The zero-order valence-corrected chi connectivity index (χ0v) is 20.5. The minimum Gasteiger partial charge on any atom is -0.272 e. The van der Waals surface area contributed by atoms with E-state index in [2.05, 4.69) is 15.1 Å². The summed E-state index contributed by atoms with van der Waals surface area (Å²) in [5, 5.41) is 15.1. The third-order valence-corrected chi connectivity index (χ3v) is 7.19. The second-order valence-electron chi connectivity index (χ2n) is 9.81. The number of rotatable bonds is 5. The molecule has 2 fully saturated rings. The molecule has 1 atom stereocenters. The zero-order chi connectivity index (χ0) is 25.2. The average Bonchev–Trinajstić information content (AvgIpc) is 3.50. The lowest BCUT2D eigenvalue weighted by Crippen LogP contribution is -2.36. The van der Waals surface area contributed by atoms with Crippen molar-refractivity contribution in [3.8, 4) is 11.9 Å². The monoisotopic (exact) mass is 488 g/mol. The van der Waals surface area contributed by atoms with Crippen LogP contribution < -0.4 is 0 Å². The van der Waals surface area contributed by atoms with Crippen LogP contribution in [0, 0.1) is 42.8 Å². The maximum atomic E-state index is 14.0. The van der Waals surface area contributed by atoms with E-state index in [0.717, 1.165) is 55.0 Å². The number of hydrogen-bond donors (Lipinski definition) is 0. The second kappa shape index (κ2) is 10.2. The van der Waals surface area contributed by atoms with Crippen LogP contribution in [0.2, 0.25) is 0 Å². The van der Waals surface area contributed by atoms with E-state index in [1.165, 1.54) is 17.2 Å². The number of aryl methyl sites for hydroxylation is 2. The van der Waals surface area contributed by atoms with Gasteiger partial charge in [0.25, 0.3) is 0 Å². The van der Waals surface area contributed by atoms with Crippen molar-refractivity contribution >= 4 is 5.91 Å². The summed E-state index contributed by atoms with van der Waals surface area (Å²) in [7, 11) is 0. The van der Waals surface area contributed by atoms with Gasteiger partial charge in [0, 0.05) is 29.8 Å². The van der Waals surface area contributed by atoms with Crippen molar-refractivity contribution in [3.63, 3.8) is 0 Å². The first-order valence-corrected chi connectivity index (χ1v) is 12.4. The van der Waals surface area contributed by atoms with Crippen LogP contribution >= 0.6 is 0 Å². The molecule has 1 saturated carbocycles. The molecule has 3 heterocycles. The fraction of sp³-hybridized carbons (Fsp3) is 0.444. The van der Waals surface area contributed by atoms with Gasteiger partial charge in [0.2, 0.25) is 5.91 Å². The van der Waals surface area contributed by atoms with Crippen LogP contribution in [0.5, 0.6) is 0 Å². The van der Waals surface area contributed by atoms with Crippen molar-refractivity contribution < 1.29 is 14.0 Å². The minimum atomic E-state index is -0.477. The molecule has 1 saturated heterocycles. The summed E-state index contributed by atoms with van der Waals surface area (Å²) in [5.41, 5.74) is 3.80. The standard InChI is InChI=1S/C27H29FN6O2/c1-17-9-18(2)33(32-17)26-14-24(30-16-31-26)12-19-3-5-21(6-4-19)27(35)34-25(7-8-36-34)22-10-20(15-29)11-23(28)13-22/h9-11,13-14,16,19,21,25H,3-8,12H2,1-2H3/t19?,21?,25-/m0/s1. The van der Waals surface area contributed by atoms with Gasteiger partial charge in [0.15, 0.2) is 5.82 Å². The van der Waals surface area contributed by atoms with Crippen LogP contribution in [0.4, 0.5) is 4.39 Å². The molecular formula is C27H29FN6O2. The summed E-state index contributed by atoms with van der Waals surface area (Å²) in [4.78, 5) is 27.9. The number of carbonyl (C=O) groups excluding carboxylic acids is 1. The van der Waals surface area contributed by atoms with Crippen molar-refractivity contribution in [2.75, 3.05) is 6.61 Å². The Hall–Kier alpha value is -3.64. The average molecular weight is 489 g/mol. The highest BCUT2D eigenvalue weighted by Crippen LogP contribution is 2.37. The van der Waals surface area contributed by atoms with Gasteiger partial charge in [-0.25, -0.2) is 24.1 Å². The highest BCUT2D eigenvalue weighted by molar-refractivity contribution is 5.78. The second-order valence-corrected chi connectivity index (χ2v) is 9.81. The van der Waals surface area contributed by atoms with Gasteiger partial charge in [-0.2, -0.15) is 10.4 Å². The molecule has 9 heteroatoms. The molecule has 36 heavy (non-hydrogen) atoms. The van der Waals surface area contributed by atoms with E-state index in [4.69, 9.17) is 4.84 Å². The molecule has 2 aliphatic rings. The molecule has 0 N–H and O–H groups in total. The van der Waals surface area contributed by atoms with Gasteiger partial charge in [-0.05, 0) is 81.7 Å². The van der Waals surface area contributed by atoms with E-state index in [0.29, 0.717) is 24.5 Å². The molecule has 0 bridgehead atoms. The number of nitriles is 1. The van der Waals surface area contributed by atoms with Crippen LogP contribution in [0.1, 0.15) is 66.4 Å². The molecule has 1 aliphatic heterocycles. The quantitative estimate of drug-likeness (QED) is 0.523. The summed E-state index contributed by atoms with van der Waals surface area (Å²) >= 11 is 0. The van der Waals surface area contributed by atoms with Crippen LogP contribution in [-0.4, -0.2) is 37.3 Å². The summed E-state index contributed by atoms with van der Waals surface area (Å²) in [6.07, 6.45) is 6.40. The Bertz CT molecular complexity index is 1310. The minimum absolute atomic E-state index is 0.0485. The maximum absolute atomic E-state index is 14.0. The number of hydrogen-bond acceptors (Lipinski definition) is 6. The molecule has 0 radical (unpaired) electrons. The highest BCUT2D eigenvalue weighted by Gasteiger charge is 2.37. The first-order valence-electron chi connectivity index (χ1n) is 12.4. The van der Waals surface area contributed by atoms with Crippen LogP contribution in [0.25, 0.3) is 5.82 Å². The molecule has 186 valence electrons. The summed E-state index contributed by atoms with van der Waals surface area (Å²) in [5.74, 6) is 0.557. The molecule has 5 rings (SSSR count). The number of hydroxylamine groups is 2. The fourth-order valence-corrected chi connectivity index (χ4v) is 5.42. The Labute approximate surface area is 209 Å². The van der Waals surface area contributed by atoms with E-state index < -0.39 is 5.82 Å². The number of carbonyl (C=O) groups is 1. The van der Waals surface area contributed by atoms with Gasteiger partial charge < -0.3 is 0 Å². The Kier molecular flexibility index (Phi) is 6.79. The van der Waals surface area contributed by atoms with Gasteiger partial charge in [0.1, 0.15) is 12.1 Å². The molecule has 1 aromatic carbocycles. The number of halogens is 1. The topological polar surface area (TPSA) is 96.9 Å². The fourth-order valence-electron chi connectivity index (χ4n) is 5.42. The maximum Gasteiger partial charge on any atom is 0.249 e. The summed E-state index contributed by atoms with van der Waals surface area (Å²) in [6.45, 7) is 4.36. The molecule has 1 aliphatic carbocycles. The molecule has 0 unspecified atom stereocenters. The van der Waals surface area contributed by atoms with Crippen LogP contribution in [0.15, 0.2) is 36.7 Å². The molecule has 8 nitrogen and oxygen atoms in total. The smallest absolute Gasteiger partial charge is 0.249 e.